The summed E-state index contributed by atoms with van der Waals surface area (Å²) >= 11 is 0. The van der Waals surface area contributed by atoms with Crippen LogP contribution < -0.4 is 10.1 Å². The first-order valence-electron chi connectivity index (χ1n) is 6.44. The van der Waals surface area contributed by atoms with Crippen LogP contribution in [0.3, 0.4) is 0 Å². The van der Waals surface area contributed by atoms with E-state index in [0.29, 0.717) is 6.54 Å². The lowest BCUT2D eigenvalue weighted by Crippen LogP contribution is -2.31. The van der Waals surface area contributed by atoms with Crippen molar-refractivity contribution in [3.8, 4) is 5.75 Å². The van der Waals surface area contributed by atoms with Crippen molar-refractivity contribution in [1.29, 1.82) is 0 Å². The minimum absolute atomic E-state index is 0.0502. The zero-order valence-electron chi connectivity index (χ0n) is 10.7. The third kappa shape index (κ3) is 2.63. The summed E-state index contributed by atoms with van der Waals surface area (Å²) in [5.41, 5.74) is 0.942. The fraction of sp³-hybridized carbons (Fsp3) is 0.333. The van der Waals surface area contributed by atoms with Gasteiger partial charge in [0, 0.05) is 18.5 Å². The van der Waals surface area contributed by atoms with E-state index < -0.39 is 0 Å². The standard InChI is InChI=1S/C15H16FNO2/c1-10(14-3-2-6-18-14)17-9-13-8-11-7-12(16)4-5-15(11)19-13/h2-7,10,13,17H,8-9H2,1H3/t10-,13?/m0/s1. The highest BCUT2D eigenvalue weighted by Crippen LogP contribution is 2.29. The first-order chi connectivity index (χ1) is 9.22. The number of hydrogen-bond acceptors (Lipinski definition) is 3. The van der Waals surface area contributed by atoms with E-state index in [9.17, 15) is 4.39 Å². The maximum Gasteiger partial charge on any atom is 0.123 e. The molecular weight excluding hydrogens is 245 g/mol. The van der Waals surface area contributed by atoms with Crippen LogP contribution in [0.15, 0.2) is 41.0 Å². The van der Waals surface area contributed by atoms with Crippen molar-refractivity contribution in [1.82, 2.24) is 5.32 Å². The van der Waals surface area contributed by atoms with Gasteiger partial charge in [0.25, 0.3) is 0 Å². The van der Waals surface area contributed by atoms with Crippen molar-refractivity contribution in [2.75, 3.05) is 6.54 Å². The molecule has 0 spiro atoms. The van der Waals surface area contributed by atoms with E-state index in [1.807, 2.05) is 19.1 Å². The van der Waals surface area contributed by atoms with Crippen LogP contribution in [0, 0.1) is 5.82 Å². The zero-order chi connectivity index (χ0) is 13.2. The predicted molar refractivity (Wildman–Crippen MR) is 69.6 cm³/mol. The molecule has 0 saturated heterocycles. The Labute approximate surface area is 111 Å². The molecule has 1 aromatic heterocycles. The Morgan fingerprint density at radius 3 is 3.11 bits per heavy atom. The molecule has 0 fully saturated rings. The molecule has 1 aromatic carbocycles. The van der Waals surface area contributed by atoms with Crippen LogP contribution in [0.1, 0.15) is 24.3 Å². The normalized spacial score (nSPS) is 18.9. The summed E-state index contributed by atoms with van der Waals surface area (Å²) in [6, 6.07) is 8.63. The molecule has 0 saturated carbocycles. The van der Waals surface area contributed by atoms with Gasteiger partial charge in [-0.2, -0.15) is 0 Å². The molecule has 0 amide bonds. The lowest BCUT2D eigenvalue weighted by Gasteiger charge is -2.15. The van der Waals surface area contributed by atoms with Gasteiger partial charge in [-0.15, -0.1) is 0 Å². The van der Waals surface area contributed by atoms with E-state index in [0.717, 1.165) is 23.5 Å². The Bertz CT molecular complexity index is 553. The fourth-order valence-corrected chi connectivity index (χ4v) is 2.35. The maximum absolute atomic E-state index is 13.1. The summed E-state index contributed by atoms with van der Waals surface area (Å²) in [6.45, 7) is 2.75. The molecule has 1 N–H and O–H groups in total. The molecule has 2 atom stereocenters. The Morgan fingerprint density at radius 1 is 1.42 bits per heavy atom. The highest BCUT2D eigenvalue weighted by molar-refractivity contribution is 5.37. The van der Waals surface area contributed by atoms with Gasteiger partial charge in [0.1, 0.15) is 23.4 Å². The Hall–Kier alpha value is -1.81. The Morgan fingerprint density at radius 2 is 2.32 bits per heavy atom. The Balaban J connectivity index is 1.56. The van der Waals surface area contributed by atoms with E-state index in [1.165, 1.54) is 6.07 Å². The van der Waals surface area contributed by atoms with Crippen molar-refractivity contribution in [3.63, 3.8) is 0 Å². The van der Waals surface area contributed by atoms with Crippen LogP contribution in [-0.2, 0) is 6.42 Å². The van der Waals surface area contributed by atoms with Gasteiger partial charge in [0.05, 0.1) is 12.3 Å². The van der Waals surface area contributed by atoms with Gasteiger partial charge in [0.2, 0.25) is 0 Å². The number of fused-ring (bicyclic) bond motifs is 1. The fourth-order valence-electron chi connectivity index (χ4n) is 2.35. The van der Waals surface area contributed by atoms with Crippen LogP contribution in [0.5, 0.6) is 5.75 Å². The van der Waals surface area contributed by atoms with Gasteiger partial charge in [-0.3, -0.25) is 0 Å². The summed E-state index contributed by atoms with van der Waals surface area (Å²) < 4.78 is 24.2. The second-order valence-electron chi connectivity index (χ2n) is 4.84. The van der Waals surface area contributed by atoms with Crippen LogP contribution in [0.25, 0.3) is 0 Å². The van der Waals surface area contributed by atoms with E-state index >= 15 is 0 Å². The minimum atomic E-state index is -0.208. The second kappa shape index (κ2) is 5.05. The molecule has 3 nitrogen and oxygen atoms in total. The molecule has 1 unspecified atom stereocenters. The molecule has 0 aliphatic carbocycles. The van der Waals surface area contributed by atoms with E-state index in [4.69, 9.17) is 9.15 Å². The summed E-state index contributed by atoms with van der Waals surface area (Å²) in [7, 11) is 0. The third-order valence-corrected chi connectivity index (χ3v) is 3.39. The van der Waals surface area contributed by atoms with Gasteiger partial charge in [-0.25, -0.2) is 4.39 Å². The number of hydrogen-bond donors (Lipinski definition) is 1. The highest BCUT2D eigenvalue weighted by Gasteiger charge is 2.23. The summed E-state index contributed by atoms with van der Waals surface area (Å²) in [4.78, 5) is 0. The van der Waals surface area contributed by atoms with Gasteiger partial charge >= 0.3 is 0 Å². The van der Waals surface area contributed by atoms with Crippen molar-refractivity contribution in [2.45, 2.75) is 25.5 Å². The van der Waals surface area contributed by atoms with Gasteiger partial charge in [0.15, 0.2) is 0 Å². The Kier molecular flexibility index (Phi) is 3.25. The molecule has 0 bridgehead atoms. The lowest BCUT2D eigenvalue weighted by molar-refractivity contribution is 0.220. The summed E-state index contributed by atoms with van der Waals surface area (Å²) in [5, 5.41) is 3.36. The molecule has 19 heavy (non-hydrogen) atoms. The molecule has 1 aliphatic rings. The number of halogens is 1. The van der Waals surface area contributed by atoms with E-state index in [2.05, 4.69) is 5.32 Å². The van der Waals surface area contributed by atoms with Crippen LogP contribution in [0.2, 0.25) is 0 Å². The molecular formula is C15H16FNO2. The van der Waals surface area contributed by atoms with Crippen molar-refractivity contribution < 1.29 is 13.5 Å². The molecule has 2 heterocycles. The van der Waals surface area contributed by atoms with Crippen LogP contribution in [-0.4, -0.2) is 12.6 Å². The van der Waals surface area contributed by atoms with Gasteiger partial charge in [-0.1, -0.05) is 0 Å². The van der Waals surface area contributed by atoms with Gasteiger partial charge < -0.3 is 14.5 Å². The number of rotatable bonds is 4. The van der Waals surface area contributed by atoms with Gasteiger partial charge in [-0.05, 0) is 37.3 Å². The van der Waals surface area contributed by atoms with E-state index in [1.54, 1.807) is 18.4 Å². The van der Waals surface area contributed by atoms with Crippen LogP contribution in [0.4, 0.5) is 4.39 Å². The molecule has 3 rings (SSSR count). The maximum atomic E-state index is 13.1. The SMILES string of the molecule is C[C@H](NCC1Cc2cc(F)ccc2O1)c1ccco1. The topological polar surface area (TPSA) is 34.4 Å². The molecule has 0 radical (unpaired) electrons. The van der Waals surface area contributed by atoms with E-state index in [-0.39, 0.29) is 18.0 Å². The summed E-state index contributed by atoms with van der Waals surface area (Å²) in [5.74, 6) is 1.49. The number of nitrogens with one attached hydrogen (secondary N) is 1. The first kappa shape index (κ1) is 12.2. The monoisotopic (exact) mass is 261 g/mol. The number of furan rings is 1. The number of ether oxygens (including phenoxy) is 1. The largest absolute Gasteiger partial charge is 0.488 e. The van der Waals surface area contributed by atoms with Crippen molar-refractivity contribution in [2.24, 2.45) is 0 Å². The third-order valence-electron chi connectivity index (χ3n) is 3.39. The van der Waals surface area contributed by atoms with Crippen molar-refractivity contribution in [3.05, 3.63) is 53.7 Å². The molecule has 4 heteroatoms. The zero-order valence-corrected chi connectivity index (χ0v) is 10.7. The second-order valence-corrected chi connectivity index (χ2v) is 4.84. The lowest BCUT2D eigenvalue weighted by atomic mass is 10.1. The summed E-state index contributed by atoms with van der Waals surface area (Å²) in [6.07, 6.45) is 2.46. The average molecular weight is 261 g/mol. The predicted octanol–water partition coefficient (Wildman–Crippen LogP) is 3.07. The minimum Gasteiger partial charge on any atom is -0.488 e. The molecule has 2 aromatic rings. The molecule has 100 valence electrons. The van der Waals surface area contributed by atoms with Crippen LogP contribution >= 0.6 is 0 Å². The quantitative estimate of drug-likeness (QED) is 0.918. The average Bonchev–Trinajstić information content (AvgIpc) is 3.04. The smallest absolute Gasteiger partial charge is 0.123 e. The number of benzene rings is 1. The van der Waals surface area contributed by atoms with Crippen molar-refractivity contribution >= 4 is 0 Å². The highest BCUT2D eigenvalue weighted by atomic mass is 19.1. The first-order valence-corrected chi connectivity index (χ1v) is 6.44. The molecule has 1 aliphatic heterocycles.